The molecule has 2 aromatic carbocycles. The van der Waals surface area contributed by atoms with Crippen LogP contribution in [0.15, 0.2) is 53.4 Å². The molecular weight excluding hydrogens is 551 g/mol. The van der Waals surface area contributed by atoms with Crippen LogP contribution in [-0.2, 0) is 15.1 Å². The number of thioether (sulfide) groups is 1. The molecule has 0 saturated carbocycles. The molecule has 2 aliphatic heterocycles. The highest BCUT2D eigenvalue weighted by Gasteiger charge is 2.34. The van der Waals surface area contributed by atoms with Crippen LogP contribution in [-0.4, -0.2) is 72.4 Å². The first-order valence-electron chi connectivity index (χ1n) is 14.9. The van der Waals surface area contributed by atoms with Crippen molar-refractivity contribution >= 4 is 35.1 Å². The second kappa shape index (κ2) is 14.3. The van der Waals surface area contributed by atoms with Crippen LogP contribution in [0.25, 0.3) is 5.70 Å². The fourth-order valence-electron chi connectivity index (χ4n) is 5.36. The van der Waals surface area contributed by atoms with Gasteiger partial charge in [-0.25, -0.2) is 4.39 Å². The van der Waals surface area contributed by atoms with E-state index >= 15 is 0 Å². The third-order valence-corrected chi connectivity index (χ3v) is 9.16. The Morgan fingerprint density at radius 1 is 1.02 bits per heavy atom. The maximum absolute atomic E-state index is 13.7. The van der Waals surface area contributed by atoms with Gasteiger partial charge in [0, 0.05) is 59.6 Å². The Bertz CT molecular complexity index is 1310. The number of carbonyl (C=O) groups is 3. The third kappa shape index (κ3) is 7.81. The van der Waals surface area contributed by atoms with E-state index in [1.54, 1.807) is 68.9 Å². The number of carbonyl (C=O) groups excluding carboxylic acids is 3. The first-order chi connectivity index (χ1) is 20.1. The van der Waals surface area contributed by atoms with E-state index in [-0.39, 0.29) is 29.3 Å². The number of benzene rings is 2. The zero-order valence-electron chi connectivity index (χ0n) is 25.2. The molecule has 2 aromatic rings. The van der Waals surface area contributed by atoms with Crippen LogP contribution in [0.3, 0.4) is 0 Å². The number of unbranched alkanes of at least 4 members (excludes halogenated alkanes) is 1. The van der Waals surface area contributed by atoms with E-state index in [0.717, 1.165) is 68.2 Å². The van der Waals surface area contributed by atoms with E-state index in [0.29, 0.717) is 17.7 Å². The second-order valence-corrected chi connectivity index (χ2v) is 12.7. The van der Waals surface area contributed by atoms with Gasteiger partial charge in [0.15, 0.2) is 5.78 Å². The Labute approximate surface area is 253 Å². The summed E-state index contributed by atoms with van der Waals surface area (Å²) in [6.07, 6.45) is 5.23. The van der Waals surface area contributed by atoms with Crippen LogP contribution < -0.4 is 10.6 Å². The maximum atomic E-state index is 13.7. The van der Waals surface area contributed by atoms with E-state index in [9.17, 15) is 18.8 Å². The molecule has 0 aliphatic carbocycles. The summed E-state index contributed by atoms with van der Waals surface area (Å²) in [6, 6.07) is 12.0. The van der Waals surface area contributed by atoms with E-state index in [4.69, 9.17) is 0 Å². The zero-order valence-corrected chi connectivity index (χ0v) is 26.0. The SMILES string of the molecule is CC(=O)C(C)(NC(=O)C(C)C)c1ccc(C(=O)NCCCCN2CCCN(C3=CCSc4cc(F)ccc43)CC2)cc1. The van der Waals surface area contributed by atoms with Crippen molar-refractivity contribution in [2.24, 2.45) is 5.92 Å². The van der Waals surface area contributed by atoms with Crippen molar-refractivity contribution in [3.8, 4) is 0 Å². The van der Waals surface area contributed by atoms with E-state index in [1.807, 2.05) is 6.07 Å². The van der Waals surface area contributed by atoms with Gasteiger partial charge >= 0.3 is 0 Å². The van der Waals surface area contributed by atoms with Gasteiger partial charge in [-0.1, -0.05) is 32.1 Å². The number of nitrogens with zero attached hydrogens (tertiary/aromatic N) is 2. The summed E-state index contributed by atoms with van der Waals surface area (Å²) < 4.78 is 13.7. The summed E-state index contributed by atoms with van der Waals surface area (Å²) in [5.74, 6) is -0.0700. The summed E-state index contributed by atoms with van der Waals surface area (Å²) in [4.78, 5) is 43.4. The minimum absolute atomic E-state index is 0.151. The standard InChI is InChI=1S/C33H43FN4O3S/c1-23(2)31(40)36-33(4,24(3)39)26-10-8-25(9-11-26)32(41)35-15-5-6-16-37-17-7-18-38(20-19-37)29-14-21-42-30-22-27(34)12-13-28(29)30/h8-14,22-23H,5-7,15-21H2,1-4H3,(H,35,41)(H,36,40). The lowest BCUT2D eigenvalue weighted by molar-refractivity contribution is -0.132. The average Bonchev–Trinajstić information content (AvgIpc) is 3.21. The Balaban J connectivity index is 1.20. The first kappa shape index (κ1) is 31.8. The van der Waals surface area contributed by atoms with Gasteiger partial charge in [-0.3, -0.25) is 14.4 Å². The van der Waals surface area contributed by atoms with Gasteiger partial charge in [0.2, 0.25) is 5.91 Å². The number of fused-ring (bicyclic) bond motifs is 1. The van der Waals surface area contributed by atoms with Crippen LogP contribution in [0.1, 0.15) is 68.4 Å². The number of amides is 2. The van der Waals surface area contributed by atoms with Crippen molar-refractivity contribution in [2.75, 3.05) is 45.0 Å². The number of nitrogens with one attached hydrogen (secondary N) is 2. The third-order valence-electron chi connectivity index (χ3n) is 8.18. The molecule has 0 bridgehead atoms. The van der Waals surface area contributed by atoms with Crippen LogP contribution in [0.4, 0.5) is 4.39 Å². The minimum atomic E-state index is -1.14. The van der Waals surface area contributed by atoms with Gasteiger partial charge < -0.3 is 20.4 Å². The van der Waals surface area contributed by atoms with Gasteiger partial charge in [0.1, 0.15) is 11.4 Å². The number of hydrogen-bond donors (Lipinski definition) is 2. The predicted molar refractivity (Wildman–Crippen MR) is 167 cm³/mol. The summed E-state index contributed by atoms with van der Waals surface area (Å²) >= 11 is 1.69. The Kier molecular flexibility index (Phi) is 10.8. The van der Waals surface area contributed by atoms with E-state index in [2.05, 4.69) is 26.5 Å². The molecule has 1 fully saturated rings. The van der Waals surface area contributed by atoms with Crippen molar-refractivity contribution in [1.82, 2.24) is 20.4 Å². The molecule has 9 heteroatoms. The molecule has 4 rings (SSSR count). The average molecular weight is 595 g/mol. The van der Waals surface area contributed by atoms with Crippen molar-refractivity contribution in [3.05, 3.63) is 71.0 Å². The maximum Gasteiger partial charge on any atom is 0.251 e. The summed E-state index contributed by atoms with van der Waals surface area (Å²) in [5.41, 5.74) is 2.39. The predicted octanol–water partition coefficient (Wildman–Crippen LogP) is 5.07. The molecular formula is C33H43FN4O3S. The molecule has 42 heavy (non-hydrogen) atoms. The smallest absolute Gasteiger partial charge is 0.251 e. The molecule has 0 radical (unpaired) electrons. The number of ketones is 1. The molecule has 2 amide bonds. The highest BCUT2D eigenvalue weighted by Crippen LogP contribution is 2.36. The molecule has 0 aromatic heterocycles. The number of Topliss-reactive ketones (excluding diaryl/α,β-unsaturated/α-hetero) is 1. The summed E-state index contributed by atoms with van der Waals surface area (Å²) in [6.45, 7) is 12.3. The van der Waals surface area contributed by atoms with Crippen molar-refractivity contribution in [2.45, 2.75) is 57.4 Å². The van der Waals surface area contributed by atoms with Crippen molar-refractivity contribution < 1.29 is 18.8 Å². The van der Waals surface area contributed by atoms with Gasteiger partial charge in [0.25, 0.3) is 5.91 Å². The quantitative estimate of drug-likeness (QED) is 0.354. The number of rotatable bonds is 11. The first-order valence-corrected chi connectivity index (χ1v) is 15.9. The minimum Gasteiger partial charge on any atom is -0.370 e. The van der Waals surface area contributed by atoms with Crippen LogP contribution in [0.2, 0.25) is 0 Å². The van der Waals surface area contributed by atoms with Gasteiger partial charge in [0.05, 0.1) is 0 Å². The topological polar surface area (TPSA) is 81.7 Å². The van der Waals surface area contributed by atoms with E-state index < -0.39 is 5.54 Å². The lowest BCUT2D eigenvalue weighted by Crippen LogP contribution is -2.50. The van der Waals surface area contributed by atoms with E-state index in [1.165, 1.54) is 12.6 Å². The summed E-state index contributed by atoms with van der Waals surface area (Å²) in [7, 11) is 0. The van der Waals surface area contributed by atoms with Gasteiger partial charge in [-0.2, -0.15) is 0 Å². The molecule has 2 aliphatic rings. The lowest BCUT2D eigenvalue weighted by atomic mass is 9.87. The Hall–Kier alpha value is -3.17. The summed E-state index contributed by atoms with van der Waals surface area (Å²) in [5, 5.41) is 5.85. The molecule has 0 spiro atoms. The van der Waals surface area contributed by atoms with Crippen molar-refractivity contribution in [1.29, 1.82) is 0 Å². The Morgan fingerprint density at radius 3 is 2.50 bits per heavy atom. The highest BCUT2D eigenvalue weighted by molar-refractivity contribution is 7.99. The van der Waals surface area contributed by atoms with Crippen LogP contribution >= 0.6 is 11.8 Å². The highest BCUT2D eigenvalue weighted by atomic mass is 32.2. The largest absolute Gasteiger partial charge is 0.370 e. The molecule has 2 N–H and O–H groups in total. The molecule has 7 nitrogen and oxygen atoms in total. The van der Waals surface area contributed by atoms with Crippen LogP contribution in [0.5, 0.6) is 0 Å². The van der Waals surface area contributed by atoms with Crippen LogP contribution in [0, 0.1) is 11.7 Å². The Morgan fingerprint density at radius 2 is 1.79 bits per heavy atom. The normalized spacial score (nSPS) is 17.1. The van der Waals surface area contributed by atoms with Gasteiger partial charge in [-0.05, 0) is 82.1 Å². The monoisotopic (exact) mass is 594 g/mol. The number of hydrogen-bond acceptors (Lipinski definition) is 6. The zero-order chi connectivity index (χ0) is 30.3. The lowest BCUT2D eigenvalue weighted by Gasteiger charge is -2.30. The molecule has 1 atom stereocenters. The number of halogens is 1. The molecule has 2 heterocycles. The fraction of sp³-hybridized carbons (Fsp3) is 0.485. The molecule has 1 saturated heterocycles. The van der Waals surface area contributed by atoms with Gasteiger partial charge in [-0.15, -0.1) is 11.8 Å². The molecule has 226 valence electrons. The second-order valence-electron chi connectivity index (χ2n) is 11.6. The fourth-order valence-corrected chi connectivity index (χ4v) is 6.30. The van der Waals surface area contributed by atoms with Crippen molar-refractivity contribution in [3.63, 3.8) is 0 Å². The molecule has 1 unspecified atom stereocenters.